The zero-order valence-electron chi connectivity index (χ0n) is 12.2. The number of hydrogen-bond donors (Lipinski definition) is 2. The molecule has 1 radical (unpaired) electrons. The summed E-state index contributed by atoms with van der Waals surface area (Å²) in [5, 5.41) is 0.780. The number of rotatable bonds is 2. The molecule has 0 bridgehead atoms. The molecule has 0 aliphatic heterocycles. The highest BCUT2D eigenvalue weighted by molar-refractivity contribution is 6.09. The van der Waals surface area contributed by atoms with Gasteiger partial charge in [-0.2, -0.15) is 0 Å². The lowest BCUT2D eigenvalue weighted by atomic mass is 9.89. The van der Waals surface area contributed by atoms with Crippen LogP contribution in [0, 0.1) is 26.1 Å². The third-order valence-electron chi connectivity index (χ3n) is 4.25. The van der Waals surface area contributed by atoms with Crippen LogP contribution >= 0.6 is 0 Å². The second kappa shape index (κ2) is 5.02. The molecule has 0 spiro atoms. The van der Waals surface area contributed by atoms with Gasteiger partial charge < -0.3 is 10.7 Å². The molecule has 1 aromatic carbocycles. The molecule has 0 saturated heterocycles. The smallest absolute Gasteiger partial charge is 0.250 e. The van der Waals surface area contributed by atoms with Gasteiger partial charge >= 0.3 is 0 Å². The van der Waals surface area contributed by atoms with E-state index in [9.17, 15) is 9.18 Å². The highest BCUT2D eigenvalue weighted by atomic mass is 19.1. The second-order valence-electron chi connectivity index (χ2n) is 5.59. The summed E-state index contributed by atoms with van der Waals surface area (Å²) in [5.41, 5.74) is 9.73. The number of aromatic amines is 1. The van der Waals surface area contributed by atoms with E-state index in [2.05, 4.69) is 11.4 Å². The first-order valence-corrected chi connectivity index (χ1v) is 7.14. The number of nitrogens with one attached hydrogen (secondary N) is 1. The van der Waals surface area contributed by atoms with Crippen LogP contribution in [0.2, 0.25) is 0 Å². The molecule has 1 aliphatic rings. The summed E-state index contributed by atoms with van der Waals surface area (Å²) in [6.45, 7) is 3.86. The van der Waals surface area contributed by atoms with Crippen LogP contribution in [-0.2, 0) is 0 Å². The van der Waals surface area contributed by atoms with Crippen molar-refractivity contribution in [2.24, 2.45) is 5.73 Å². The number of fused-ring (bicyclic) bond motifs is 1. The van der Waals surface area contributed by atoms with E-state index in [1.165, 1.54) is 6.07 Å². The van der Waals surface area contributed by atoms with Crippen LogP contribution in [0.4, 0.5) is 4.39 Å². The third-order valence-corrected chi connectivity index (χ3v) is 4.25. The molecular formula is C17H18FN2O. The normalized spacial score (nSPS) is 15.3. The Morgan fingerprint density at radius 2 is 2.14 bits per heavy atom. The van der Waals surface area contributed by atoms with Crippen LogP contribution in [0.15, 0.2) is 12.1 Å². The molecule has 1 amide bonds. The molecule has 0 unspecified atom stereocenters. The number of nitrogens with two attached hydrogens (primary N) is 1. The molecule has 3 rings (SSSR count). The topological polar surface area (TPSA) is 58.9 Å². The van der Waals surface area contributed by atoms with E-state index in [1.807, 2.05) is 19.9 Å². The van der Waals surface area contributed by atoms with Crippen LogP contribution in [0.1, 0.15) is 46.4 Å². The lowest BCUT2D eigenvalue weighted by Gasteiger charge is -2.16. The van der Waals surface area contributed by atoms with E-state index in [-0.39, 0.29) is 11.4 Å². The van der Waals surface area contributed by atoms with Gasteiger partial charge in [0.15, 0.2) is 0 Å². The quantitative estimate of drug-likeness (QED) is 0.866. The molecule has 1 heterocycles. The summed E-state index contributed by atoms with van der Waals surface area (Å²) in [4.78, 5) is 14.8. The minimum atomic E-state index is -0.615. The molecule has 4 heteroatoms. The summed E-state index contributed by atoms with van der Waals surface area (Å²) < 4.78 is 14.6. The number of amides is 1. The first-order valence-electron chi connectivity index (χ1n) is 7.14. The number of allylic oxidation sites excluding steroid dienone is 2. The molecule has 0 saturated carbocycles. The Morgan fingerprint density at radius 1 is 1.38 bits per heavy atom. The Bertz CT molecular complexity index is 771. The average molecular weight is 285 g/mol. The molecule has 109 valence electrons. The zero-order chi connectivity index (χ0) is 15.1. The van der Waals surface area contributed by atoms with Crippen molar-refractivity contribution in [3.8, 4) is 0 Å². The van der Waals surface area contributed by atoms with Crippen molar-refractivity contribution in [3.05, 3.63) is 46.8 Å². The van der Waals surface area contributed by atoms with Gasteiger partial charge in [-0.1, -0.05) is 6.08 Å². The zero-order valence-corrected chi connectivity index (χ0v) is 12.2. The van der Waals surface area contributed by atoms with Crippen molar-refractivity contribution in [3.63, 3.8) is 0 Å². The van der Waals surface area contributed by atoms with Gasteiger partial charge in [-0.25, -0.2) is 4.39 Å². The van der Waals surface area contributed by atoms with Crippen LogP contribution in [0.25, 0.3) is 16.5 Å². The summed E-state index contributed by atoms with van der Waals surface area (Å²) in [6.07, 6.45) is 6.96. The number of carbonyl (C=O) groups is 1. The molecule has 1 aliphatic carbocycles. The fourth-order valence-corrected chi connectivity index (χ4v) is 3.06. The van der Waals surface area contributed by atoms with Gasteiger partial charge in [-0.3, -0.25) is 4.79 Å². The largest absolute Gasteiger partial charge is 0.366 e. The third kappa shape index (κ3) is 2.15. The monoisotopic (exact) mass is 285 g/mol. The lowest BCUT2D eigenvalue weighted by molar-refractivity contribution is 0.100. The van der Waals surface area contributed by atoms with Gasteiger partial charge in [0, 0.05) is 16.6 Å². The van der Waals surface area contributed by atoms with Crippen molar-refractivity contribution in [1.29, 1.82) is 0 Å². The van der Waals surface area contributed by atoms with Crippen molar-refractivity contribution in [1.82, 2.24) is 4.98 Å². The van der Waals surface area contributed by atoms with Gasteiger partial charge in [-0.05, 0) is 56.7 Å². The Hall–Kier alpha value is -2.10. The minimum absolute atomic E-state index is 0.211. The maximum atomic E-state index is 14.6. The number of primary amides is 1. The maximum absolute atomic E-state index is 14.6. The van der Waals surface area contributed by atoms with E-state index in [0.717, 1.165) is 41.5 Å². The van der Waals surface area contributed by atoms with Crippen molar-refractivity contribution in [2.75, 3.05) is 0 Å². The van der Waals surface area contributed by atoms with Crippen LogP contribution in [0.3, 0.4) is 0 Å². The number of hydrogen-bond acceptors (Lipinski definition) is 1. The Kier molecular flexibility index (Phi) is 3.32. The van der Waals surface area contributed by atoms with Gasteiger partial charge in [0.1, 0.15) is 5.82 Å². The number of aryl methyl sites for hydroxylation is 2. The number of H-pyrrole nitrogens is 1. The molecule has 2 aromatic rings. The summed E-state index contributed by atoms with van der Waals surface area (Å²) >= 11 is 0. The molecule has 0 atom stereocenters. The first kappa shape index (κ1) is 13.9. The van der Waals surface area contributed by atoms with Crippen LogP contribution in [-0.4, -0.2) is 10.9 Å². The van der Waals surface area contributed by atoms with Gasteiger partial charge in [0.05, 0.1) is 11.1 Å². The van der Waals surface area contributed by atoms with Crippen molar-refractivity contribution in [2.45, 2.75) is 33.1 Å². The Morgan fingerprint density at radius 3 is 2.76 bits per heavy atom. The fraction of sp³-hybridized carbons (Fsp3) is 0.294. The van der Waals surface area contributed by atoms with E-state index < -0.39 is 5.91 Å². The highest BCUT2D eigenvalue weighted by Crippen LogP contribution is 2.37. The highest BCUT2D eigenvalue weighted by Gasteiger charge is 2.22. The van der Waals surface area contributed by atoms with Gasteiger partial charge in [0.25, 0.3) is 5.91 Å². The number of aromatic nitrogens is 1. The molecule has 21 heavy (non-hydrogen) atoms. The lowest BCUT2D eigenvalue weighted by Crippen LogP contribution is -2.13. The summed E-state index contributed by atoms with van der Waals surface area (Å²) in [5.74, 6) is -0.990. The maximum Gasteiger partial charge on any atom is 0.250 e. The number of carbonyl (C=O) groups excluding carboxylic acids is 1. The summed E-state index contributed by atoms with van der Waals surface area (Å²) in [7, 11) is 0. The second-order valence-corrected chi connectivity index (χ2v) is 5.59. The minimum Gasteiger partial charge on any atom is -0.366 e. The molecule has 3 nitrogen and oxygen atoms in total. The Labute approximate surface area is 123 Å². The predicted octanol–water partition coefficient (Wildman–Crippen LogP) is 3.79. The van der Waals surface area contributed by atoms with Crippen molar-refractivity contribution < 1.29 is 9.18 Å². The van der Waals surface area contributed by atoms with Gasteiger partial charge in [-0.15, -0.1) is 0 Å². The number of halogens is 1. The molecule has 0 fully saturated rings. The summed E-state index contributed by atoms with van der Waals surface area (Å²) in [6, 6.07) is 1.25. The fourth-order valence-electron chi connectivity index (χ4n) is 3.06. The van der Waals surface area contributed by atoms with Gasteiger partial charge in [0.2, 0.25) is 0 Å². The van der Waals surface area contributed by atoms with Crippen LogP contribution < -0.4 is 5.73 Å². The number of benzene rings is 1. The van der Waals surface area contributed by atoms with Crippen molar-refractivity contribution >= 4 is 22.4 Å². The molecule has 1 aromatic heterocycles. The van der Waals surface area contributed by atoms with Crippen LogP contribution in [0.5, 0.6) is 0 Å². The van der Waals surface area contributed by atoms with E-state index >= 15 is 0 Å². The van der Waals surface area contributed by atoms with E-state index in [4.69, 9.17) is 5.73 Å². The van der Waals surface area contributed by atoms with E-state index in [1.54, 1.807) is 0 Å². The molecular weight excluding hydrogens is 267 g/mol. The van der Waals surface area contributed by atoms with E-state index in [0.29, 0.717) is 11.1 Å². The predicted molar refractivity (Wildman–Crippen MR) is 82.4 cm³/mol. The molecule has 3 N–H and O–H groups in total. The first-order chi connectivity index (χ1) is 10.0. The Balaban J connectivity index is 2.39. The average Bonchev–Trinajstić information content (AvgIpc) is 2.75. The SMILES string of the molecule is Cc1[nH]c2c(C(N)=O)cc(F)c(C3=C[CH]CCC3)c2c1C. The standard InChI is InChI=1S/C17H18FN2O/c1-9-10(2)20-16-12(17(19)21)8-13(18)15(14(9)16)11-6-4-3-5-7-11/h4,6,8,20H,3,5,7H2,1-2H3,(H2,19,21).